The number of furan rings is 1. The lowest BCUT2D eigenvalue weighted by Crippen LogP contribution is -2.46. The van der Waals surface area contributed by atoms with Crippen LogP contribution in [0.1, 0.15) is 42.3 Å². The summed E-state index contributed by atoms with van der Waals surface area (Å²) in [6, 6.07) is 4.23. The van der Waals surface area contributed by atoms with E-state index in [0.29, 0.717) is 19.1 Å². The van der Waals surface area contributed by atoms with Crippen LogP contribution in [0.15, 0.2) is 29.1 Å². The van der Waals surface area contributed by atoms with Gasteiger partial charge in [0.15, 0.2) is 0 Å². The van der Waals surface area contributed by atoms with E-state index < -0.39 is 0 Å². The molecule has 23 heavy (non-hydrogen) atoms. The fourth-order valence-electron chi connectivity index (χ4n) is 3.48. The highest BCUT2D eigenvalue weighted by atomic mass is 16.3. The second-order valence-electron chi connectivity index (χ2n) is 6.63. The van der Waals surface area contributed by atoms with E-state index in [9.17, 15) is 4.79 Å². The summed E-state index contributed by atoms with van der Waals surface area (Å²) < 4.78 is 7.44. The predicted molar refractivity (Wildman–Crippen MR) is 84.6 cm³/mol. The Hall–Kier alpha value is -2.08. The lowest BCUT2D eigenvalue weighted by atomic mass is 9.91. The molecule has 0 bridgehead atoms. The zero-order valence-electron chi connectivity index (χ0n) is 13.4. The molecule has 2 aromatic rings. The second-order valence-corrected chi connectivity index (χ2v) is 6.63. The van der Waals surface area contributed by atoms with Crippen LogP contribution in [0, 0.1) is 0 Å². The third-order valence-corrected chi connectivity index (χ3v) is 4.93. The van der Waals surface area contributed by atoms with Gasteiger partial charge in [0.05, 0.1) is 36.4 Å². The summed E-state index contributed by atoms with van der Waals surface area (Å²) in [5, 5.41) is 3.19. The zero-order valence-corrected chi connectivity index (χ0v) is 13.4. The van der Waals surface area contributed by atoms with Gasteiger partial charge in [-0.25, -0.2) is 4.98 Å². The highest BCUT2D eigenvalue weighted by Crippen LogP contribution is 2.29. The molecule has 6 heteroatoms. The van der Waals surface area contributed by atoms with E-state index in [1.54, 1.807) is 6.26 Å². The van der Waals surface area contributed by atoms with Crippen molar-refractivity contribution in [2.24, 2.45) is 7.05 Å². The molecule has 4 rings (SSSR count). The molecule has 1 fully saturated rings. The van der Waals surface area contributed by atoms with Crippen LogP contribution in [0.2, 0.25) is 0 Å². The van der Waals surface area contributed by atoms with Crippen molar-refractivity contribution in [3.63, 3.8) is 0 Å². The van der Waals surface area contributed by atoms with Crippen LogP contribution in [0.25, 0.3) is 0 Å². The summed E-state index contributed by atoms with van der Waals surface area (Å²) in [6.07, 6.45) is 6.92. The second kappa shape index (κ2) is 5.85. The number of carbonyl (C=O) groups excluding carboxylic acids is 1. The SMILES string of the molecule is Cn1cnc2c1C(C(=O)NC1CCC1)CN(Cc1ccco1)C2. The van der Waals surface area contributed by atoms with Gasteiger partial charge >= 0.3 is 0 Å². The van der Waals surface area contributed by atoms with Gasteiger partial charge in [-0.05, 0) is 31.4 Å². The molecule has 0 spiro atoms. The van der Waals surface area contributed by atoms with Crippen LogP contribution in [-0.2, 0) is 24.9 Å². The van der Waals surface area contributed by atoms with E-state index >= 15 is 0 Å². The van der Waals surface area contributed by atoms with Crippen molar-refractivity contribution in [3.05, 3.63) is 41.9 Å². The van der Waals surface area contributed by atoms with Crippen molar-refractivity contribution in [2.75, 3.05) is 6.54 Å². The number of fused-ring (bicyclic) bond motifs is 1. The van der Waals surface area contributed by atoms with Crippen molar-refractivity contribution >= 4 is 5.91 Å². The van der Waals surface area contributed by atoms with Crippen LogP contribution in [-0.4, -0.2) is 32.9 Å². The summed E-state index contributed by atoms with van der Waals surface area (Å²) in [5.41, 5.74) is 2.05. The van der Waals surface area contributed by atoms with Crippen LogP contribution < -0.4 is 5.32 Å². The first-order valence-corrected chi connectivity index (χ1v) is 8.26. The minimum atomic E-state index is -0.165. The first kappa shape index (κ1) is 14.5. The highest BCUT2D eigenvalue weighted by Gasteiger charge is 2.35. The van der Waals surface area contributed by atoms with Crippen LogP contribution in [0.3, 0.4) is 0 Å². The van der Waals surface area contributed by atoms with Gasteiger partial charge in [-0.15, -0.1) is 0 Å². The summed E-state index contributed by atoms with van der Waals surface area (Å²) in [6.45, 7) is 2.16. The highest BCUT2D eigenvalue weighted by molar-refractivity contribution is 5.84. The summed E-state index contributed by atoms with van der Waals surface area (Å²) >= 11 is 0. The smallest absolute Gasteiger partial charge is 0.230 e. The van der Waals surface area contributed by atoms with E-state index in [2.05, 4.69) is 15.2 Å². The minimum Gasteiger partial charge on any atom is -0.468 e. The molecular formula is C17H22N4O2. The van der Waals surface area contributed by atoms with Crippen molar-refractivity contribution in [1.82, 2.24) is 19.8 Å². The van der Waals surface area contributed by atoms with E-state index in [4.69, 9.17) is 4.42 Å². The predicted octanol–water partition coefficient (Wildman–Crippen LogP) is 1.78. The van der Waals surface area contributed by atoms with Crippen molar-refractivity contribution < 1.29 is 9.21 Å². The van der Waals surface area contributed by atoms with Crippen LogP contribution in [0.4, 0.5) is 0 Å². The zero-order chi connectivity index (χ0) is 15.8. The molecule has 1 amide bonds. The Morgan fingerprint density at radius 3 is 3.04 bits per heavy atom. The monoisotopic (exact) mass is 314 g/mol. The number of imidazole rings is 1. The maximum absolute atomic E-state index is 12.8. The lowest BCUT2D eigenvalue weighted by molar-refractivity contribution is -0.124. The van der Waals surface area contributed by atoms with Crippen molar-refractivity contribution in [3.8, 4) is 0 Å². The number of hydrogen-bond acceptors (Lipinski definition) is 4. The van der Waals surface area contributed by atoms with Crippen LogP contribution in [0.5, 0.6) is 0 Å². The number of carbonyl (C=O) groups is 1. The molecule has 1 atom stereocenters. The number of rotatable bonds is 4. The van der Waals surface area contributed by atoms with Gasteiger partial charge in [0.2, 0.25) is 5.91 Å². The Morgan fingerprint density at radius 1 is 1.48 bits per heavy atom. The Labute approximate surface area is 135 Å². The lowest BCUT2D eigenvalue weighted by Gasteiger charge is -2.34. The standard InChI is InChI=1S/C17H22N4O2/c1-20-11-18-15-10-21(8-13-6-3-7-23-13)9-14(16(15)20)17(22)19-12-4-2-5-12/h3,6-7,11-12,14H,2,4-5,8-10H2,1H3,(H,19,22). The van der Waals surface area contributed by atoms with Gasteiger partial charge in [0.25, 0.3) is 0 Å². The topological polar surface area (TPSA) is 63.3 Å². The summed E-state index contributed by atoms with van der Waals surface area (Å²) in [5.74, 6) is 0.882. The van der Waals surface area contributed by atoms with Crippen molar-refractivity contribution in [1.29, 1.82) is 0 Å². The van der Waals surface area contributed by atoms with Gasteiger partial charge in [-0.2, -0.15) is 0 Å². The number of aryl methyl sites for hydroxylation is 1. The number of amides is 1. The first-order chi connectivity index (χ1) is 11.2. The molecule has 1 unspecified atom stereocenters. The molecule has 1 aliphatic heterocycles. The van der Waals surface area contributed by atoms with E-state index in [1.165, 1.54) is 6.42 Å². The van der Waals surface area contributed by atoms with Gasteiger partial charge in [0, 0.05) is 26.2 Å². The maximum atomic E-state index is 12.8. The average molecular weight is 314 g/mol. The molecule has 122 valence electrons. The van der Waals surface area contributed by atoms with Gasteiger partial charge in [0.1, 0.15) is 5.76 Å². The average Bonchev–Trinajstić information content (AvgIpc) is 3.12. The maximum Gasteiger partial charge on any atom is 0.230 e. The van der Waals surface area contributed by atoms with Gasteiger partial charge in [-0.1, -0.05) is 0 Å². The van der Waals surface area contributed by atoms with E-state index in [0.717, 1.165) is 36.5 Å². The third-order valence-electron chi connectivity index (χ3n) is 4.93. The number of aromatic nitrogens is 2. The fraction of sp³-hybridized carbons (Fsp3) is 0.529. The molecule has 6 nitrogen and oxygen atoms in total. The molecule has 0 saturated heterocycles. The fourth-order valence-corrected chi connectivity index (χ4v) is 3.48. The molecule has 1 N–H and O–H groups in total. The molecular weight excluding hydrogens is 292 g/mol. The van der Waals surface area contributed by atoms with Gasteiger partial charge < -0.3 is 14.3 Å². The Bertz CT molecular complexity index is 688. The molecule has 0 radical (unpaired) electrons. The molecule has 2 aromatic heterocycles. The largest absolute Gasteiger partial charge is 0.468 e. The van der Waals surface area contributed by atoms with Crippen molar-refractivity contribution in [2.45, 2.75) is 44.3 Å². The van der Waals surface area contributed by atoms with E-state index in [-0.39, 0.29) is 11.8 Å². The molecule has 1 saturated carbocycles. The third kappa shape index (κ3) is 2.79. The molecule has 0 aromatic carbocycles. The Balaban J connectivity index is 1.55. The normalized spacial score (nSPS) is 21.7. The number of nitrogens with one attached hydrogen (secondary N) is 1. The summed E-state index contributed by atoms with van der Waals surface area (Å²) in [4.78, 5) is 19.5. The minimum absolute atomic E-state index is 0.128. The Morgan fingerprint density at radius 2 is 2.35 bits per heavy atom. The quantitative estimate of drug-likeness (QED) is 0.934. The molecule has 1 aliphatic carbocycles. The number of hydrogen-bond donors (Lipinski definition) is 1. The van der Waals surface area contributed by atoms with E-state index in [1.807, 2.05) is 30.1 Å². The molecule has 3 heterocycles. The summed E-state index contributed by atoms with van der Waals surface area (Å²) in [7, 11) is 1.97. The molecule has 2 aliphatic rings. The van der Waals surface area contributed by atoms with Crippen LogP contribution >= 0.6 is 0 Å². The Kier molecular flexibility index (Phi) is 3.69. The number of nitrogens with zero attached hydrogens (tertiary/aromatic N) is 3. The first-order valence-electron chi connectivity index (χ1n) is 8.26. The van der Waals surface area contributed by atoms with Gasteiger partial charge in [-0.3, -0.25) is 9.69 Å².